The Bertz CT molecular complexity index is 1270. The lowest BCUT2D eigenvalue weighted by atomic mass is 10.1. The van der Waals surface area contributed by atoms with Gasteiger partial charge >= 0.3 is 0 Å². The molecule has 6 nitrogen and oxygen atoms in total. The first-order chi connectivity index (χ1) is 15.0. The maximum atomic E-state index is 14.4. The number of carbonyl (C=O) groups excluding carboxylic acids is 1. The predicted molar refractivity (Wildman–Crippen MR) is 119 cm³/mol. The number of aromatic nitrogens is 2. The number of fused-ring (bicyclic) bond motifs is 1. The van der Waals surface area contributed by atoms with Gasteiger partial charge in [0.05, 0.1) is 6.54 Å². The van der Waals surface area contributed by atoms with Crippen molar-refractivity contribution in [2.45, 2.75) is 26.8 Å². The highest BCUT2D eigenvalue weighted by atomic mass is 19.1. The second-order valence-electron chi connectivity index (χ2n) is 7.20. The molecule has 2 aromatic carbocycles. The summed E-state index contributed by atoms with van der Waals surface area (Å²) in [4.78, 5) is 23.8. The average Bonchev–Trinajstić information content (AvgIpc) is 2.77. The number of hydrogen-bond donors (Lipinski definition) is 1. The number of amides is 1. The molecule has 1 aliphatic rings. The van der Waals surface area contributed by atoms with Gasteiger partial charge in [-0.05, 0) is 37.6 Å². The maximum Gasteiger partial charge on any atom is 0.259 e. The highest BCUT2D eigenvalue weighted by Gasteiger charge is 2.31. The fourth-order valence-corrected chi connectivity index (χ4v) is 3.59. The second-order valence-corrected chi connectivity index (χ2v) is 7.20. The molecule has 0 saturated carbocycles. The van der Waals surface area contributed by atoms with Gasteiger partial charge in [-0.3, -0.25) is 14.3 Å². The van der Waals surface area contributed by atoms with Crippen LogP contribution in [0.1, 0.15) is 30.6 Å². The minimum absolute atomic E-state index is 0.131. The van der Waals surface area contributed by atoms with Crippen LogP contribution in [-0.2, 0) is 6.54 Å². The predicted octanol–water partition coefficient (Wildman–Crippen LogP) is 4.01. The van der Waals surface area contributed by atoms with E-state index < -0.39 is 5.82 Å². The van der Waals surface area contributed by atoms with Crippen LogP contribution < -0.4 is 11.2 Å². The number of anilines is 1. The van der Waals surface area contributed by atoms with Crippen molar-refractivity contribution >= 4 is 22.8 Å². The number of para-hydroxylation sites is 1. The Morgan fingerprint density at radius 1 is 1.19 bits per heavy atom. The van der Waals surface area contributed by atoms with E-state index in [-0.39, 0.29) is 17.4 Å². The minimum atomic E-state index is -0.463. The molecule has 1 aromatic heterocycles. The Morgan fingerprint density at radius 3 is 2.68 bits per heavy atom. The van der Waals surface area contributed by atoms with E-state index in [0.717, 1.165) is 12.0 Å². The highest BCUT2D eigenvalue weighted by Crippen LogP contribution is 2.28. The summed E-state index contributed by atoms with van der Waals surface area (Å²) in [6.07, 6.45) is 4.88. The van der Waals surface area contributed by atoms with E-state index in [1.165, 1.54) is 6.07 Å². The number of allylic oxidation sites excluding steroid dienone is 1. The summed E-state index contributed by atoms with van der Waals surface area (Å²) in [6, 6.07) is 13.8. The number of halogens is 1. The number of rotatable bonds is 5. The zero-order valence-corrected chi connectivity index (χ0v) is 17.5. The molecule has 3 aromatic rings. The molecular formula is C24H24FN5O. The highest BCUT2D eigenvalue weighted by molar-refractivity contribution is 5.96. The standard InChI is InChI=1S/C24H24FN5O/c1-3-5-10-17-15-30(23(31)16-11-7-6-8-12-16)21(17)28-22-18-13-9-14-19(25)20(18)27-24(26)29(22)4-2/h5-14H,3-4,15H2,1-2H3,(H2,26,27)/b10-5-,28-22?. The monoisotopic (exact) mass is 417 g/mol. The van der Waals surface area contributed by atoms with Gasteiger partial charge in [-0.2, -0.15) is 0 Å². The number of carbonyl (C=O) groups is 1. The largest absolute Gasteiger partial charge is 0.369 e. The number of benzene rings is 2. The molecule has 0 spiro atoms. The summed E-state index contributed by atoms with van der Waals surface area (Å²) >= 11 is 0. The Kier molecular flexibility index (Phi) is 5.66. The first kappa shape index (κ1) is 20.5. The lowest BCUT2D eigenvalue weighted by molar-refractivity contribution is 0.0786. The number of nitrogen functional groups attached to an aromatic ring is 1. The maximum absolute atomic E-state index is 14.4. The normalized spacial score (nSPS) is 14.5. The summed E-state index contributed by atoms with van der Waals surface area (Å²) < 4.78 is 16.1. The van der Waals surface area contributed by atoms with E-state index in [9.17, 15) is 9.18 Å². The molecule has 0 saturated heterocycles. The first-order valence-electron chi connectivity index (χ1n) is 10.3. The number of hydrogen-bond acceptors (Lipinski definition) is 4. The third kappa shape index (κ3) is 3.74. The fourth-order valence-electron chi connectivity index (χ4n) is 3.59. The van der Waals surface area contributed by atoms with Gasteiger partial charge in [-0.1, -0.05) is 43.3 Å². The van der Waals surface area contributed by atoms with E-state index in [1.807, 2.05) is 44.2 Å². The van der Waals surface area contributed by atoms with Crippen molar-refractivity contribution in [1.82, 2.24) is 14.5 Å². The Balaban J connectivity index is 1.93. The Morgan fingerprint density at radius 2 is 1.97 bits per heavy atom. The van der Waals surface area contributed by atoms with Crippen LogP contribution in [-0.4, -0.2) is 26.9 Å². The molecule has 4 rings (SSSR count). The van der Waals surface area contributed by atoms with Crippen LogP contribution in [0.15, 0.2) is 77.1 Å². The third-order valence-corrected chi connectivity index (χ3v) is 5.21. The molecule has 0 radical (unpaired) electrons. The Hall–Kier alpha value is -3.74. The molecule has 31 heavy (non-hydrogen) atoms. The molecular weight excluding hydrogens is 393 g/mol. The summed E-state index contributed by atoms with van der Waals surface area (Å²) in [5.74, 6) is 0.116. The molecule has 0 atom stereocenters. The molecule has 0 fully saturated rings. The van der Waals surface area contributed by atoms with Crippen LogP contribution in [0.3, 0.4) is 0 Å². The second kappa shape index (κ2) is 8.55. The van der Waals surface area contributed by atoms with E-state index in [4.69, 9.17) is 10.7 Å². The smallest absolute Gasteiger partial charge is 0.259 e. The molecule has 1 amide bonds. The fraction of sp³-hybridized carbons (Fsp3) is 0.208. The summed E-state index contributed by atoms with van der Waals surface area (Å²) in [5, 5.41) is 0.543. The van der Waals surface area contributed by atoms with Gasteiger partial charge < -0.3 is 5.73 Å². The van der Waals surface area contributed by atoms with Crippen molar-refractivity contribution in [2.24, 2.45) is 4.99 Å². The van der Waals surface area contributed by atoms with Crippen molar-refractivity contribution < 1.29 is 9.18 Å². The molecule has 2 N–H and O–H groups in total. The van der Waals surface area contributed by atoms with Crippen LogP contribution in [0.4, 0.5) is 10.3 Å². The van der Waals surface area contributed by atoms with Crippen molar-refractivity contribution in [3.05, 3.63) is 88.9 Å². The zero-order valence-electron chi connectivity index (χ0n) is 17.5. The summed E-state index contributed by atoms with van der Waals surface area (Å²) in [6.45, 7) is 4.93. The number of nitrogens with zero attached hydrogens (tertiary/aromatic N) is 4. The lowest BCUT2D eigenvalue weighted by Crippen LogP contribution is -2.41. The van der Waals surface area contributed by atoms with Gasteiger partial charge in [0.2, 0.25) is 5.95 Å². The topological polar surface area (TPSA) is 76.5 Å². The van der Waals surface area contributed by atoms with E-state index in [0.29, 0.717) is 35.3 Å². The van der Waals surface area contributed by atoms with Gasteiger partial charge in [0.15, 0.2) is 0 Å². The van der Waals surface area contributed by atoms with Gasteiger partial charge in [0.1, 0.15) is 22.6 Å². The van der Waals surface area contributed by atoms with E-state index >= 15 is 0 Å². The number of nitrogens with two attached hydrogens (primary N) is 1. The van der Waals surface area contributed by atoms with Crippen molar-refractivity contribution in [3.8, 4) is 0 Å². The van der Waals surface area contributed by atoms with Crippen LogP contribution in [0.5, 0.6) is 0 Å². The van der Waals surface area contributed by atoms with Crippen molar-refractivity contribution in [3.63, 3.8) is 0 Å². The van der Waals surface area contributed by atoms with Crippen LogP contribution in [0, 0.1) is 5.82 Å². The van der Waals surface area contributed by atoms with Gasteiger partial charge in [0.25, 0.3) is 5.91 Å². The van der Waals surface area contributed by atoms with Crippen LogP contribution >= 0.6 is 0 Å². The van der Waals surface area contributed by atoms with Crippen molar-refractivity contribution in [2.75, 3.05) is 12.3 Å². The molecule has 0 bridgehead atoms. The molecule has 0 aliphatic carbocycles. The van der Waals surface area contributed by atoms with Crippen LogP contribution in [0.2, 0.25) is 0 Å². The Labute approximate surface area is 179 Å². The molecule has 7 heteroatoms. The zero-order chi connectivity index (χ0) is 22.0. The van der Waals surface area contributed by atoms with Gasteiger partial charge in [-0.25, -0.2) is 14.4 Å². The molecule has 0 unspecified atom stereocenters. The quantitative estimate of drug-likeness (QED) is 0.681. The van der Waals surface area contributed by atoms with Crippen molar-refractivity contribution in [1.29, 1.82) is 0 Å². The molecule has 2 heterocycles. The lowest BCUT2D eigenvalue weighted by Gasteiger charge is -2.33. The molecule has 1 aliphatic heterocycles. The van der Waals surface area contributed by atoms with E-state index in [1.54, 1.807) is 33.7 Å². The minimum Gasteiger partial charge on any atom is -0.369 e. The summed E-state index contributed by atoms with van der Waals surface area (Å²) in [7, 11) is 0. The average molecular weight is 417 g/mol. The first-order valence-corrected chi connectivity index (χ1v) is 10.3. The van der Waals surface area contributed by atoms with Gasteiger partial charge in [-0.15, -0.1) is 0 Å². The summed E-state index contributed by atoms with van der Waals surface area (Å²) in [5.41, 5.74) is 8.28. The van der Waals surface area contributed by atoms with Crippen LogP contribution in [0.25, 0.3) is 10.9 Å². The van der Waals surface area contributed by atoms with E-state index in [2.05, 4.69) is 4.98 Å². The SMILES string of the molecule is CC/C=C\C1=C(N=c2c3cccc(F)c3nc(N)n2CC)N(C(=O)c2ccccc2)C1. The third-order valence-electron chi connectivity index (χ3n) is 5.21. The molecule has 158 valence electrons. The van der Waals surface area contributed by atoms with Gasteiger partial charge in [0, 0.05) is 23.1 Å².